The van der Waals surface area contributed by atoms with Crippen LogP contribution in [0.2, 0.25) is 0 Å². The number of nitro groups is 2. The van der Waals surface area contributed by atoms with Crippen LogP contribution in [-0.2, 0) is 0 Å². The lowest BCUT2D eigenvalue weighted by atomic mass is 9.90. The van der Waals surface area contributed by atoms with Gasteiger partial charge in [0.1, 0.15) is 23.0 Å². The summed E-state index contributed by atoms with van der Waals surface area (Å²) in [7, 11) is 0. The zero-order valence-corrected chi connectivity index (χ0v) is 16.4. The third-order valence-corrected chi connectivity index (χ3v) is 6.01. The summed E-state index contributed by atoms with van der Waals surface area (Å²) in [6.07, 6.45) is 3.23. The van der Waals surface area contributed by atoms with Crippen molar-refractivity contribution in [2.45, 2.75) is 31.1 Å². The summed E-state index contributed by atoms with van der Waals surface area (Å²) in [5.74, 6) is 3.36. The van der Waals surface area contributed by atoms with Gasteiger partial charge in [-0.3, -0.25) is 20.2 Å². The summed E-state index contributed by atoms with van der Waals surface area (Å²) in [5, 5.41) is 21.7. The number of benzene rings is 3. The molecular weight excluding hydrogens is 400 g/mol. The van der Waals surface area contributed by atoms with Crippen LogP contribution in [0.15, 0.2) is 60.7 Å². The molecule has 31 heavy (non-hydrogen) atoms. The van der Waals surface area contributed by atoms with E-state index in [9.17, 15) is 20.2 Å². The molecule has 3 aromatic rings. The summed E-state index contributed by atoms with van der Waals surface area (Å²) in [4.78, 5) is 20.9. The Labute approximate surface area is 177 Å². The molecule has 0 spiro atoms. The summed E-state index contributed by atoms with van der Waals surface area (Å²) in [5.41, 5.74) is 2.30. The summed E-state index contributed by atoms with van der Waals surface area (Å²) in [6, 6.07) is 15.8. The molecule has 3 aromatic carbocycles. The van der Waals surface area contributed by atoms with E-state index in [-0.39, 0.29) is 11.4 Å². The van der Waals surface area contributed by atoms with Crippen LogP contribution in [0, 0.1) is 20.2 Å². The lowest BCUT2D eigenvalue weighted by Gasteiger charge is -2.22. The molecule has 1 saturated carbocycles. The predicted octanol–water partition coefficient (Wildman–Crippen LogP) is 6.45. The van der Waals surface area contributed by atoms with Gasteiger partial charge in [0.25, 0.3) is 11.4 Å². The van der Waals surface area contributed by atoms with Crippen LogP contribution >= 0.6 is 0 Å². The first-order valence-corrected chi connectivity index (χ1v) is 10.0. The largest absolute Gasteiger partial charge is 0.457 e. The van der Waals surface area contributed by atoms with Gasteiger partial charge in [0.2, 0.25) is 0 Å². The smallest absolute Gasteiger partial charge is 0.269 e. The number of ether oxygens (including phenoxy) is 2. The van der Waals surface area contributed by atoms with Gasteiger partial charge in [0.15, 0.2) is 0 Å². The van der Waals surface area contributed by atoms with Crippen molar-refractivity contribution in [2.75, 3.05) is 0 Å². The van der Waals surface area contributed by atoms with Gasteiger partial charge in [0.05, 0.1) is 9.85 Å². The van der Waals surface area contributed by atoms with Crippen molar-refractivity contribution in [1.82, 2.24) is 0 Å². The number of nitro benzene ring substituents is 2. The van der Waals surface area contributed by atoms with Gasteiger partial charge in [-0.15, -0.1) is 0 Å². The molecule has 8 nitrogen and oxygen atoms in total. The molecule has 2 bridgehead atoms. The molecular formula is C23H18N2O6. The van der Waals surface area contributed by atoms with E-state index in [1.54, 1.807) is 24.3 Å². The number of hydrogen-bond acceptors (Lipinski definition) is 6. The minimum Gasteiger partial charge on any atom is -0.457 e. The zero-order chi connectivity index (χ0) is 21.5. The first-order chi connectivity index (χ1) is 15.0. The Balaban J connectivity index is 1.45. The van der Waals surface area contributed by atoms with E-state index < -0.39 is 9.85 Å². The third-order valence-electron chi connectivity index (χ3n) is 6.01. The summed E-state index contributed by atoms with van der Waals surface area (Å²) >= 11 is 0. The van der Waals surface area contributed by atoms with E-state index in [1.807, 2.05) is 12.1 Å². The van der Waals surface area contributed by atoms with Gasteiger partial charge in [-0.25, -0.2) is 0 Å². The highest BCUT2D eigenvalue weighted by atomic mass is 16.6. The lowest BCUT2D eigenvalue weighted by Crippen LogP contribution is -2.03. The second kappa shape index (κ2) is 7.39. The molecule has 2 atom stereocenters. The van der Waals surface area contributed by atoms with Crippen molar-refractivity contribution < 1.29 is 19.3 Å². The van der Waals surface area contributed by atoms with Crippen LogP contribution in [0.5, 0.6) is 23.0 Å². The van der Waals surface area contributed by atoms with Crippen LogP contribution in [0.1, 0.15) is 42.2 Å². The number of hydrogen-bond donors (Lipinski definition) is 0. The van der Waals surface area contributed by atoms with Crippen LogP contribution in [0.25, 0.3) is 0 Å². The van der Waals surface area contributed by atoms with Crippen molar-refractivity contribution in [2.24, 2.45) is 0 Å². The SMILES string of the molecule is O=[N+]([O-])c1ccc(Oc2ccc(Oc3ccc([N+](=O)[O-])cc3)c3c2C2CCC3C2)cc1. The molecule has 2 unspecified atom stereocenters. The number of rotatable bonds is 6. The maximum atomic E-state index is 10.9. The first-order valence-electron chi connectivity index (χ1n) is 10.0. The normalized spacial score (nSPS) is 18.5. The van der Waals surface area contributed by atoms with Crippen LogP contribution in [0.4, 0.5) is 11.4 Å². The van der Waals surface area contributed by atoms with E-state index in [2.05, 4.69) is 0 Å². The average Bonchev–Trinajstić information content (AvgIpc) is 3.39. The average molecular weight is 418 g/mol. The zero-order valence-electron chi connectivity index (χ0n) is 16.4. The Hall–Kier alpha value is -3.94. The molecule has 8 heteroatoms. The Morgan fingerprint density at radius 2 is 1.03 bits per heavy atom. The topological polar surface area (TPSA) is 105 Å². The van der Waals surface area contributed by atoms with Gasteiger partial charge < -0.3 is 9.47 Å². The molecule has 0 aliphatic heterocycles. The number of nitrogens with zero attached hydrogens (tertiary/aromatic N) is 2. The monoisotopic (exact) mass is 418 g/mol. The van der Waals surface area contributed by atoms with Crippen molar-refractivity contribution in [3.05, 3.63) is 92.0 Å². The minimum atomic E-state index is -0.440. The fraction of sp³-hybridized carbons (Fsp3) is 0.217. The Morgan fingerprint density at radius 3 is 1.39 bits per heavy atom. The summed E-state index contributed by atoms with van der Waals surface area (Å²) < 4.78 is 12.2. The first kappa shape index (κ1) is 19.0. The second-order valence-electron chi connectivity index (χ2n) is 7.80. The number of non-ortho nitro benzene ring substituents is 2. The molecule has 0 N–H and O–H groups in total. The molecule has 156 valence electrons. The maximum Gasteiger partial charge on any atom is 0.269 e. The highest BCUT2D eigenvalue weighted by Gasteiger charge is 2.41. The second-order valence-corrected chi connectivity index (χ2v) is 7.80. The lowest BCUT2D eigenvalue weighted by molar-refractivity contribution is -0.385. The van der Waals surface area contributed by atoms with Crippen molar-refractivity contribution in [1.29, 1.82) is 0 Å². The standard InChI is InChI=1S/C23H18N2O6/c26-24(27)16-3-7-18(8-4-16)30-20-11-12-21(23-15-2-1-14(13-15)22(20)23)31-19-9-5-17(6-10-19)25(28)29/h3-12,14-15H,1-2,13H2. The van der Waals surface area contributed by atoms with Crippen LogP contribution in [0.3, 0.4) is 0 Å². The van der Waals surface area contributed by atoms with Gasteiger partial charge in [-0.2, -0.15) is 0 Å². The Bertz CT molecular complexity index is 1080. The van der Waals surface area contributed by atoms with Gasteiger partial charge in [-0.1, -0.05) is 0 Å². The Kier molecular flexibility index (Phi) is 4.54. The van der Waals surface area contributed by atoms with Crippen molar-refractivity contribution in [3.8, 4) is 23.0 Å². The molecule has 0 saturated heterocycles. The van der Waals surface area contributed by atoms with Crippen LogP contribution in [-0.4, -0.2) is 9.85 Å². The van der Waals surface area contributed by atoms with Crippen molar-refractivity contribution in [3.63, 3.8) is 0 Å². The van der Waals surface area contributed by atoms with E-state index in [1.165, 1.54) is 24.3 Å². The number of fused-ring (bicyclic) bond motifs is 5. The van der Waals surface area contributed by atoms with Crippen LogP contribution < -0.4 is 9.47 Å². The molecule has 2 aliphatic carbocycles. The van der Waals surface area contributed by atoms with Gasteiger partial charge >= 0.3 is 0 Å². The Morgan fingerprint density at radius 1 is 0.645 bits per heavy atom. The fourth-order valence-electron chi connectivity index (χ4n) is 4.65. The van der Waals surface area contributed by atoms with E-state index in [0.29, 0.717) is 23.3 Å². The minimum absolute atomic E-state index is 0.0171. The van der Waals surface area contributed by atoms with E-state index in [0.717, 1.165) is 41.9 Å². The maximum absolute atomic E-state index is 10.9. The molecule has 1 fully saturated rings. The predicted molar refractivity (Wildman–Crippen MR) is 112 cm³/mol. The molecule has 0 aromatic heterocycles. The summed E-state index contributed by atoms with van der Waals surface area (Å²) in [6.45, 7) is 0. The molecule has 5 rings (SSSR count). The van der Waals surface area contributed by atoms with Crippen molar-refractivity contribution >= 4 is 11.4 Å². The molecule has 0 amide bonds. The van der Waals surface area contributed by atoms with Gasteiger partial charge in [0, 0.05) is 35.4 Å². The van der Waals surface area contributed by atoms with E-state index in [4.69, 9.17) is 9.47 Å². The van der Waals surface area contributed by atoms with E-state index >= 15 is 0 Å². The quantitative estimate of drug-likeness (QED) is 0.336. The highest BCUT2D eigenvalue weighted by Crippen LogP contribution is 2.59. The van der Waals surface area contributed by atoms with Gasteiger partial charge in [-0.05, 0) is 67.5 Å². The highest BCUT2D eigenvalue weighted by molar-refractivity contribution is 5.58. The fourth-order valence-corrected chi connectivity index (χ4v) is 4.65. The molecule has 0 heterocycles. The molecule has 0 radical (unpaired) electrons. The third kappa shape index (κ3) is 3.46. The molecule has 2 aliphatic rings.